The molecule has 2 aromatic carbocycles. The minimum absolute atomic E-state index is 0.0429. The number of nitrogens with two attached hydrogens (primary N) is 1. The highest BCUT2D eigenvalue weighted by atomic mass is 32.2. The normalized spacial score (nSPS) is 17.6. The van der Waals surface area contributed by atoms with E-state index in [4.69, 9.17) is 11.1 Å². The molecule has 3 amide bonds. The molecule has 0 saturated carbocycles. The Morgan fingerprint density at radius 3 is 2.44 bits per heavy atom. The summed E-state index contributed by atoms with van der Waals surface area (Å²) >= 11 is 1.33. The molecule has 0 spiro atoms. The van der Waals surface area contributed by atoms with Crippen LogP contribution < -0.4 is 16.4 Å². The lowest BCUT2D eigenvalue weighted by molar-refractivity contribution is -0.137. The molecule has 0 unspecified atom stereocenters. The third-order valence-electron chi connectivity index (χ3n) is 7.12. The van der Waals surface area contributed by atoms with Crippen LogP contribution in [0.25, 0.3) is 11.1 Å². The lowest BCUT2D eigenvalue weighted by Crippen LogP contribution is -2.49. The van der Waals surface area contributed by atoms with Crippen molar-refractivity contribution in [3.05, 3.63) is 81.5 Å². The van der Waals surface area contributed by atoms with Crippen LogP contribution in [0, 0.1) is 12.3 Å². The van der Waals surface area contributed by atoms with Crippen LogP contribution >= 0.6 is 11.3 Å². The van der Waals surface area contributed by atoms with Gasteiger partial charge in [0.15, 0.2) is 9.84 Å². The number of benzene rings is 2. The molecular weight excluding hydrogens is 562 g/mol. The van der Waals surface area contributed by atoms with Gasteiger partial charge in [-0.1, -0.05) is 42.0 Å². The molecule has 10 nitrogen and oxygen atoms in total. The van der Waals surface area contributed by atoms with E-state index in [-0.39, 0.29) is 18.8 Å². The van der Waals surface area contributed by atoms with Gasteiger partial charge in [0, 0.05) is 34.2 Å². The molecule has 0 radical (unpaired) electrons. The molecular formula is C29H33N5O5S2. The minimum Gasteiger partial charge on any atom is -0.384 e. The molecule has 4 rings (SSSR count). The van der Waals surface area contributed by atoms with Gasteiger partial charge in [0.25, 0.3) is 5.91 Å². The van der Waals surface area contributed by atoms with Gasteiger partial charge in [0.1, 0.15) is 11.9 Å². The Bertz CT molecular complexity index is 1580. The van der Waals surface area contributed by atoms with Crippen molar-refractivity contribution in [3.8, 4) is 11.1 Å². The molecule has 1 fully saturated rings. The Balaban J connectivity index is 1.44. The maximum atomic E-state index is 13.3. The Morgan fingerprint density at radius 1 is 1.10 bits per heavy atom. The van der Waals surface area contributed by atoms with Crippen LogP contribution in [0.2, 0.25) is 0 Å². The number of hydrogen-bond acceptors (Lipinski definition) is 7. The number of hydrogen-bond donors (Lipinski definition) is 4. The van der Waals surface area contributed by atoms with Crippen LogP contribution in [-0.2, 0) is 19.4 Å². The third kappa shape index (κ3) is 7.19. The second-order valence-corrected chi connectivity index (χ2v) is 13.5. The Morgan fingerprint density at radius 2 is 1.80 bits per heavy atom. The quantitative estimate of drug-likeness (QED) is 0.220. The Kier molecular flexibility index (Phi) is 8.93. The van der Waals surface area contributed by atoms with Crippen LogP contribution in [-0.4, -0.2) is 67.5 Å². The average Bonchev–Trinajstić information content (AvgIpc) is 3.61. The van der Waals surface area contributed by atoms with Gasteiger partial charge in [-0.2, -0.15) is 0 Å². The smallest absolute Gasteiger partial charge is 0.251 e. The summed E-state index contributed by atoms with van der Waals surface area (Å²) in [7, 11) is -3.53. The van der Waals surface area contributed by atoms with E-state index in [1.54, 1.807) is 36.6 Å². The van der Waals surface area contributed by atoms with Crippen LogP contribution in [0.5, 0.6) is 0 Å². The van der Waals surface area contributed by atoms with Crippen molar-refractivity contribution in [1.29, 1.82) is 5.41 Å². The van der Waals surface area contributed by atoms with Gasteiger partial charge in [0.2, 0.25) is 11.8 Å². The van der Waals surface area contributed by atoms with E-state index in [2.05, 4.69) is 10.6 Å². The number of amides is 3. The van der Waals surface area contributed by atoms with E-state index in [1.165, 1.54) is 16.2 Å². The zero-order valence-corrected chi connectivity index (χ0v) is 24.6. The van der Waals surface area contributed by atoms with Gasteiger partial charge >= 0.3 is 0 Å². The third-order valence-corrected chi connectivity index (χ3v) is 9.79. The Labute approximate surface area is 243 Å². The number of thiophene rings is 1. The van der Waals surface area contributed by atoms with E-state index < -0.39 is 51.4 Å². The van der Waals surface area contributed by atoms with Crippen LogP contribution in [0.15, 0.2) is 60.0 Å². The lowest BCUT2D eigenvalue weighted by atomic mass is 10.0. The van der Waals surface area contributed by atoms with Gasteiger partial charge in [-0.05, 0) is 49.6 Å². The highest BCUT2D eigenvalue weighted by Crippen LogP contribution is 2.26. The summed E-state index contributed by atoms with van der Waals surface area (Å²) in [4.78, 5) is 41.4. The molecule has 12 heteroatoms. The standard InChI is InChI=1S/C29H33N5O5S2/c1-17-7-9-19(10-8-17)20-5-4-6-21(11-20)28(36)32-14-26(35)34-15-23(41(3,38)39)13-24(34)29(37)33-18(2)25-12-22(16-40-25)27(30)31/h4-12,16,18,23-24H,13-15H2,1-3H3,(H3,30,31)(H,32,36)(H,33,37)/t18-,23-,24+/m1/s1. The van der Waals surface area contributed by atoms with Gasteiger partial charge < -0.3 is 21.3 Å². The Hall–Kier alpha value is -4.03. The van der Waals surface area contributed by atoms with E-state index in [0.717, 1.165) is 27.8 Å². The van der Waals surface area contributed by atoms with Crippen LogP contribution in [0.4, 0.5) is 0 Å². The number of sulfone groups is 1. The van der Waals surface area contributed by atoms with E-state index in [9.17, 15) is 22.8 Å². The van der Waals surface area contributed by atoms with E-state index in [0.29, 0.717) is 11.1 Å². The van der Waals surface area contributed by atoms with Crippen molar-refractivity contribution in [1.82, 2.24) is 15.5 Å². The number of likely N-dealkylation sites (tertiary alicyclic amines) is 1. The summed E-state index contributed by atoms with van der Waals surface area (Å²) in [6.07, 6.45) is 1.04. The summed E-state index contributed by atoms with van der Waals surface area (Å²) in [6.45, 7) is 3.22. The lowest BCUT2D eigenvalue weighted by Gasteiger charge is -2.25. The molecule has 41 heavy (non-hydrogen) atoms. The number of amidine groups is 1. The number of nitrogens with one attached hydrogen (secondary N) is 3. The molecule has 1 aromatic heterocycles. The highest BCUT2D eigenvalue weighted by Gasteiger charge is 2.43. The number of aryl methyl sites for hydroxylation is 1. The number of nitrogens with zero attached hydrogens (tertiary/aromatic N) is 1. The second kappa shape index (κ2) is 12.2. The fourth-order valence-corrected chi connectivity index (χ4v) is 6.56. The van der Waals surface area contributed by atoms with Gasteiger partial charge in [-0.25, -0.2) is 8.42 Å². The first-order valence-electron chi connectivity index (χ1n) is 13.0. The predicted molar refractivity (Wildman–Crippen MR) is 160 cm³/mol. The van der Waals surface area contributed by atoms with Crippen molar-refractivity contribution < 1.29 is 22.8 Å². The number of carbonyl (C=O) groups excluding carboxylic acids is 3. The first-order valence-corrected chi connectivity index (χ1v) is 15.8. The van der Waals surface area contributed by atoms with E-state index in [1.807, 2.05) is 37.3 Å². The van der Waals surface area contributed by atoms with Crippen LogP contribution in [0.1, 0.15) is 45.7 Å². The van der Waals surface area contributed by atoms with Gasteiger partial charge in [-0.15, -0.1) is 11.3 Å². The highest BCUT2D eigenvalue weighted by molar-refractivity contribution is 7.91. The van der Waals surface area contributed by atoms with Crippen LogP contribution in [0.3, 0.4) is 0 Å². The molecule has 1 aliphatic rings. The zero-order chi connectivity index (χ0) is 29.9. The zero-order valence-electron chi connectivity index (χ0n) is 23.0. The number of rotatable bonds is 9. The molecule has 216 valence electrons. The minimum atomic E-state index is -3.53. The molecule has 1 aliphatic heterocycles. The molecule has 0 bridgehead atoms. The summed E-state index contributed by atoms with van der Waals surface area (Å²) in [5.41, 5.74) is 9.37. The molecule has 5 N–H and O–H groups in total. The summed E-state index contributed by atoms with van der Waals surface area (Å²) in [5.74, 6) is -1.59. The largest absolute Gasteiger partial charge is 0.384 e. The molecule has 3 aromatic rings. The number of nitrogen functional groups attached to an aromatic ring is 1. The van der Waals surface area contributed by atoms with Crippen molar-refractivity contribution in [3.63, 3.8) is 0 Å². The first kappa shape index (κ1) is 29.9. The maximum Gasteiger partial charge on any atom is 0.251 e. The van der Waals surface area contributed by atoms with Gasteiger partial charge in [0.05, 0.1) is 17.8 Å². The average molecular weight is 596 g/mol. The second-order valence-electron chi connectivity index (χ2n) is 10.3. The van der Waals surface area contributed by atoms with Crippen molar-refractivity contribution in [2.45, 2.75) is 37.6 Å². The monoisotopic (exact) mass is 595 g/mol. The van der Waals surface area contributed by atoms with Crippen molar-refractivity contribution in [2.24, 2.45) is 5.73 Å². The van der Waals surface area contributed by atoms with Gasteiger partial charge in [-0.3, -0.25) is 19.8 Å². The van der Waals surface area contributed by atoms with E-state index >= 15 is 0 Å². The fourth-order valence-electron chi connectivity index (χ4n) is 4.68. The molecule has 0 aliphatic carbocycles. The molecule has 2 heterocycles. The summed E-state index contributed by atoms with van der Waals surface area (Å²) in [6, 6.07) is 15.2. The fraction of sp³-hybridized carbons (Fsp3) is 0.310. The maximum absolute atomic E-state index is 13.3. The summed E-state index contributed by atoms with van der Waals surface area (Å²) in [5, 5.41) is 13.8. The SMILES string of the molecule is Cc1ccc(-c2cccc(C(=O)NCC(=O)N3C[C@H](S(C)(=O)=O)C[C@H]3C(=O)N[C@H](C)c3cc(C(=N)N)cs3)c2)cc1. The summed E-state index contributed by atoms with van der Waals surface area (Å²) < 4.78 is 24.7. The first-order chi connectivity index (χ1) is 19.3. The van der Waals surface area contributed by atoms with Crippen molar-refractivity contribution in [2.75, 3.05) is 19.3 Å². The number of carbonyl (C=O) groups is 3. The van der Waals surface area contributed by atoms with Crippen molar-refractivity contribution >= 4 is 44.7 Å². The predicted octanol–water partition coefficient (Wildman–Crippen LogP) is 2.63. The molecule has 1 saturated heterocycles. The topological polar surface area (TPSA) is 163 Å². The molecule has 3 atom stereocenters.